The molecular formula is C14H17ClN2S. The van der Waals surface area contributed by atoms with Gasteiger partial charge in [-0.2, -0.15) is 0 Å². The van der Waals surface area contributed by atoms with E-state index in [1.165, 1.54) is 5.56 Å². The van der Waals surface area contributed by atoms with Crippen molar-refractivity contribution in [2.45, 2.75) is 32.9 Å². The minimum atomic E-state index is 0.492. The van der Waals surface area contributed by atoms with Crippen molar-refractivity contribution in [1.82, 2.24) is 10.3 Å². The summed E-state index contributed by atoms with van der Waals surface area (Å²) in [5, 5.41) is 7.43. The lowest BCUT2D eigenvalue weighted by atomic mass is 10.2. The zero-order valence-electron chi connectivity index (χ0n) is 10.6. The summed E-state index contributed by atoms with van der Waals surface area (Å²) in [5.41, 5.74) is 2.37. The van der Waals surface area contributed by atoms with E-state index in [0.29, 0.717) is 6.04 Å². The second kappa shape index (κ2) is 6.32. The number of nitrogens with zero attached hydrogens (tertiary/aromatic N) is 1. The molecule has 0 saturated heterocycles. The Morgan fingerprint density at radius 2 is 2.00 bits per heavy atom. The highest BCUT2D eigenvalue weighted by molar-refractivity contribution is 7.09. The predicted octanol–water partition coefficient (Wildman–Crippen LogP) is 3.89. The van der Waals surface area contributed by atoms with Gasteiger partial charge in [-0.25, -0.2) is 4.98 Å². The maximum atomic E-state index is 5.87. The molecule has 0 radical (unpaired) electrons. The first-order valence-corrected chi connectivity index (χ1v) is 7.30. The molecule has 1 aromatic carbocycles. The molecule has 0 saturated carbocycles. The first-order chi connectivity index (χ1) is 8.63. The molecule has 0 amide bonds. The third-order valence-electron chi connectivity index (χ3n) is 2.56. The van der Waals surface area contributed by atoms with Gasteiger partial charge in [0.2, 0.25) is 0 Å². The van der Waals surface area contributed by atoms with E-state index >= 15 is 0 Å². The minimum absolute atomic E-state index is 0.492. The lowest BCUT2D eigenvalue weighted by Crippen LogP contribution is -2.21. The Labute approximate surface area is 117 Å². The fraction of sp³-hybridized carbons (Fsp3) is 0.357. The molecule has 0 spiro atoms. The van der Waals surface area contributed by atoms with Crippen LogP contribution < -0.4 is 5.32 Å². The minimum Gasteiger partial charge on any atom is -0.309 e. The molecule has 0 unspecified atom stereocenters. The molecule has 2 aromatic rings. The first kappa shape index (κ1) is 13.5. The van der Waals surface area contributed by atoms with Crippen LogP contribution in [-0.2, 0) is 13.0 Å². The Morgan fingerprint density at radius 3 is 2.67 bits per heavy atom. The standard InChI is InChI=1S/C14H17ClN2S/c1-10(2)16-8-13-9-18-14(17-13)7-11-3-5-12(15)6-4-11/h3-6,9-10,16H,7-8H2,1-2H3. The summed E-state index contributed by atoms with van der Waals surface area (Å²) in [5.74, 6) is 0. The van der Waals surface area contributed by atoms with Crippen LogP contribution in [0.1, 0.15) is 30.1 Å². The van der Waals surface area contributed by atoms with Crippen LogP contribution in [0.15, 0.2) is 29.6 Å². The zero-order valence-corrected chi connectivity index (χ0v) is 12.2. The number of aromatic nitrogens is 1. The highest BCUT2D eigenvalue weighted by Gasteiger charge is 2.04. The van der Waals surface area contributed by atoms with Crippen molar-refractivity contribution in [2.24, 2.45) is 0 Å². The van der Waals surface area contributed by atoms with E-state index in [1.807, 2.05) is 12.1 Å². The third kappa shape index (κ3) is 4.09. The Balaban J connectivity index is 1.95. The molecule has 0 aliphatic carbocycles. The van der Waals surface area contributed by atoms with Crippen molar-refractivity contribution in [1.29, 1.82) is 0 Å². The second-order valence-corrected chi connectivity index (χ2v) is 5.95. The smallest absolute Gasteiger partial charge is 0.0972 e. The van der Waals surface area contributed by atoms with Crippen LogP contribution in [0.3, 0.4) is 0 Å². The van der Waals surface area contributed by atoms with E-state index in [0.717, 1.165) is 28.7 Å². The van der Waals surface area contributed by atoms with E-state index in [2.05, 4.69) is 41.7 Å². The Hall–Kier alpha value is -0.900. The van der Waals surface area contributed by atoms with Gasteiger partial charge in [0, 0.05) is 29.4 Å². The van der Waals surface area contributed by atoms with Gasteiger partial charge in [-0.05, 0) is 17.7 Å². The molecule has 0 aliphatic rings. The van der Waals surface area contributed by atoms with E-state index in [-0.39, 0.29) is 0 Å². The van der Waals surface area contributed by atoms with Crippen LogP contribution in [0.2, 0.25) is 5.02 Å². The fourth-order valence-corrected chi connectivity index (χ4v) is 2.55. The number of nitrogens with one attached hydrogen (secondary N) is 1. The topological polar surface area (TPSA) is 24.9 Å². The Kier molecular flexibility index (Phi) is 4.75. The van der Waals surface area contributed by atoms with E-state index in [4.69, 9.17) is 11.6 Å². The average molecular weight is 281 g/mol. The molecule has 0 atom stereocenters. The van der Waals surface area contributed by atoms with Gasteiger partial charge < -0.3 is 5.32 Å². The van der Waals surface area contributed by atoms with Crippen LogP contribution >= 0.6 is 22.9 Å². The average Bonchev–Trinajstić information content (AvgIpc) is 2.77. The summed E-state index contributed by atoms with van der Waals surface area (Å²) < 4.78 is 0. The molecule has 4 heteroatoms. The van der Waals surface area contributed by atoms with Crippen molar-refractivity contribution < 1.29 is 0 Å². The molecular weight excluding hydrogens is 264 g/mol. The number of hydrogen-bond acceptors (Lipinski definition) is 3. The summed E-state index contributed by atoms with van der Waals surface area (Å²) in [6.07, 6.45) is 0.878. The number of thiazole rings is 1. The Bertz CT molecular complexity index is 491. The molecule has 96 valence electrons. The van der Waals surface area contributed by atoms with Gasteiger partial charge in [-0.15, -0.1) is 11.3 Å². The van der Waals surface area contributed by atoms with E-state index in [9.17, 15) is 0 Å². The molecule has 0 aliphatic heterocycles. The lowest BCUT2D eigenvalue weighted by Gasteiger charge is -2.04. The van der Waals surface area contributed by atoms with Crippen LogP contribution in [0.4, 0.5) is 0 Å². The van der Waals surface area contributed by atoms with Gasteiger partial charge in [0.25, 0.3) is 0 Å². The second-order valence-electron chi connectivity index (χ2n) is 4.57. The Morgan fingerprint density at radius 1 is 1.28 bits per heavy atom. The number of hydrogen-bond donors (Lipinski definition) is 1. The molecule has 0 fully saturated rings. The number of benzene rings is 1. The van der Waals surface area contributed by atoms with Crippen molar-refractivity contribution in [2.75, 3.05) is 0 Å². The molecule has 2 nitrogen and oxygen atoms in total. The lowest BCUT2D eigenvalue weighted by molar-refractivity contribution is 0.582. The molecule has 1 aromatic heterocycles. The van der Waals surface area contributed by atoms with Gasteiger partial charge in [-0.1, -0.05) is 37.6 Å². The molecule has 2 rings (SSSR count). The first-order valence-electron chi connectivity index (χ1n) is 6.04. The number of rotatable bonds is 5. The van der Waals surface area contributed by atoms with Gasteiger partial charge in [0.15, 0.2) is 0 Å². The summed E-state index contributed by atoms with van der Waals surface area (Å²) >= 11 is 7.58. The molecule has 1 N–H and O–H groups in total. The van der Waals surface area contributed by atoms with Crippen LogP contribution in [0.5, 0.6) is 0 Å². The van der Waals surface area contributed by atoms with Crippen LogP contribution in [0.25, 0.3) is 0 Å². The zero-order chi connectivity index (χ0) is 13.0. The summed E-state index contributed by atoms with van der Waals surface area (Å²) in [7, 11) is 0. The highest BCUT2D eigenvalue weighted by Crippen LogP contribution is 2.16. The SMILES string of the molecule is CC(C)NCc1csc(Cc2ccc(Cl)cc2)n1. The van der Waals surface area contributed by atoms with E-state index in [1.54, 1.807) is 11.3 Å². The van der Waals surface area contributed by atoms with Crippen LogP contribution in [0, 0.1) is 0 Å². The predicted molar refractivity (Wildman–Crippen MR) is 78.3 cm³/mol. The van der Waals surface area contributed by atoms with Gasteiger partial charge in [0.05, 0.1) is 10.7 Å². The van der Waals surface area contributed by atoms with Crippen molar-refractivity contribution >= 4 is 22.9 Å². The van der Waals surface area contributed by atoms with Gasteiger partial charge in [-0.3, -0.25) is 0 Å². The summed E-state index contributed by atoms with van der Waals surface area (Å²) in [6.45, 7) is 5.12. The van der Waals surface area contributed by atoms with Gasteiger partial charge >= 0.3 is 0 Å². The third-order valence-corrected chi connectivity index (χ3v) is 3.71. The monoisotopic (exact) mass is 280 g/mol. The van der Waals surface area contributed by atoms with Gasteiger partial charge in [0.1, 0.15) is 0 Å². The summed E-state index contributed by atoms with van der Waals surface area (Å²) in [4.78, 5) is 4.62. The fourth-order valence-electron chi connectivity index (χ4n) is 1.60. The quantitative estimate of drug-likeness (QED) is 0.899. The van der Waals surface area contributed by atoms with Crippen molar-refractivity contribution in [3.63, 3.8) is 0 Å². The molecule has 1 heterocycles. The van der Waals surface area contributed by atoms with Crippen molar-refractivity contribution in [3.8, 4) is 0 Å². The maximum Gasteiger partial charge on any atom is 0.0972 e. The van der Waals surface area contributed by atoms with E-state index < -0.39 is 0 Å². The van der Waals surface area contributed by atoms with Crippen molar-refractivity contribution in [3.05, 3.63) is 50.9 Å². The molecule has 0 bridgehead atoms. The maximum absolute atomic E-state index is 5.87. The highest BCUT2D eigenvalue weighted by atomic mass is 35.5. The molecule has 18 heavy (non-hydrogen) atoms. The van der Waals surface area contributed by atoms with Crippen LogP contribution in [-0.4, -0.2) is 11.0 Å². The number of halogens is 1. The normalized spacial score (nSPS) is 11.1. The summed E-state index contributed by atoms with van der Waals surface area (Å²) in [6, 6.07) is 8.44. The largest absolute Gasteiger partial charge is 0.309 e.